The number of ether oxygens (including phenoxy) is 1. The largest absolute Gasteiger partial charge is 0.481 e. The van der Waals surface area contributed by atoms with Gasteiger partial charge in [-0.2, -0.15) is 5.10 Å². The lowest BCUT2D eigenvalue weighted by Crippen LogP contribution is -2.28. The van der Waals surface area contributed by atoms with E-state index in [2.05, 4.69) is 15.4 Å². The Bertz CT molecular complexity index is 978. The number of aromatic nitrogens is 3. The lowest BCUT2D eigenvalue weighted by molar-refractivity contribution is 0.102. The minimum absolute atomic E-state index is 0.161. The molecule has 2 heterocycles. The predicted octanol–water partition coefficient (Wildman–Crippen LogP) is 2.63. The first-order valence-electron chi connectivity index (χ1n) is 7.84. The van der Waals surface area contributed by atoms with E-state index < -0.39 is 5.91 Å². The molecule has 0 aliphatic carbocycles. The highest BCUT2D eigenvalue weighted by molar-refractivity contribution is 6.11. The van der Waals surface area contributed by atoms with Gasteiger partial charge in [0.25, 0.3) is 11.5 Å². The summed E-state index contributed by atoms with van der Waals surface area (Å²) >= 11 is 0. The Labute approximate surface area is 144 Å². The molecule has 0 bridgehead atoms. The van der Waals surface area contributed by atoms with Gasteiger partial charge in [-0.3, -0.25) is 9.59 Å². The van der Waals surface area contributed by atoms with Crippen molar-refractivity contribution in [3.63, 3.8) is 0 Å². The maximum absolute atomic E-state index is 12.7. The predicted molar refractivity (Wildman–Crippen MR) is 95.1 cm³/mol. The number of hydrogen-bond acceptors (Lipinski definition) is 5. The number of carbonyl (C=O) groups excluding carboxylic acids is 1. The van der Waals surface area contributed by atoms with Crippen LogP contribution in [0.15, 0.2) is 47.4 Å². The fraction of sp³-hybridized carbons (Fsp3) is 0.222. The van der Waals surface area contributed by atoms with Crippen molar-refractivity contribution < 1.29 is 9.53 Å². The van der Waals surface area contributed by atoms with E-state index in [0.29, 0.717) is 22.3 Å². The second-order valence-electron chi connectivity index (χ2n) is 5.78. The van der Waals surface area contributed by atoms with E-state index in [1.807, 2.05) is 13.8 Å². The molecule has 0 atom stereocenters. The van der Waals surface area contributed by atoms with Crippen molar-refractivity contribution in [3.8, 4) is 5.88 Å². The molecule has 0 unspecified atom stereocenters. The zero-order valence-corrected chi connectivity index (χ0v) is 14.2. The van der Waals surface area contributed by atoms with Crippen molar-refractivity contribution in [2.75, 3.05) is 12.4 Å². The highest BCUT2D eigenvalue weighted by Gasteiger charge is 2.18. The summed E-state index contributed by atoms with van der Waals surface area (Å²) in [6.45, 7) is 3.69. The van der Waals surface area contributed by atoms with Crippen LogP contribution in [0.25, 0.3) is 10.8 Å². The molecule has 2 aromatic heterocycles. The van der Waals surface area contributed by atoms with Crippen molar-refractivity contribution in [2.24, 2.45) is 0 Å². The van der Waals surface area contributed by atoms with Crippen LogP contribution in [-0.2, 0) is 0 Å². The fourth-order valence-electron chi connectivity index (χ4n) is 2.49. The number of methoxy groups -OCH3 is 1. The molecule has 0 fully saturated rings. The summed E-state index contributed by atoms with van der Waals surface area (Å²) in [6.07, 6.45) is 1.50. The molecule has 3 aromatic rings. The quantitative estimate of drug-likeness (QED) is 0.790. The van der Waals surface area contributed by atoms with Gasteiger partial charge in [0.15, 0.2) is 5.69 Å². The molecule has 0 aliphatic rings. The van der Waals surface area contributed by atoms with Crippen LogP contribution < -0.4 is 15.6 Å². The maximum atomic E-state index is 12.7. The first-order valence-corrected chi connectivity index (χ1v) is 7.84. The number of rotatable bonds is 4. The molecular formula is C18H18N4O3. The Morgan fingerprint density at radius 3 is 2.48 bits per heavy atom. The fourth-order valence-corrected chi connectivity index (χ4v) is 2.49. The van der Waals surface area contributed by atoms with Gasteiger partial charge in [0.1, 0.15) is 0 Å². The van der Waals surface area contributed by atoms with E-state index >= 15 is 0 Å². The van der Waals surface area contributed by atoms with E-state index in [-0.39, 0.29) is 17.3 Å². The number of anilines is 1. The summed E-state index contributed by atoms with van der Waals surface area (Å²) in [6, 6.07) is 10.1. The Kier molecular flexibility index (Phi) is 4.47. The number of hydrogen-bond donors (Lipinski definition) is 1. The van der Waals surface area contributed by atoms with Gasteiger partial charge >= 0.3 is 0 Å². The normalized spacial score (nSPS) is 10.9. The molecule has 1 N–H and O–H groups in total. The number of carbonyl (C=O) groups is 1. The molecule has 7 heteroatoms. The number of fused-ring (bicyclic) bond motifs is 1. The Morgan fingerprint density at radius 1 is 1.16 bits per heavy atom. The van der Waals surface area contributed by atoms with Gasteiger partial charge in [-0.1, -0.05) is 18.2 Å². The summed E-state index contributed by atoms with van der Waals surface area (Å²) in [5.74, 6) is 0.0486. The third-order valence-electron chi connectivity index (χ3n) is 3.74. The molecule has 0 saturated carbocycles. The average molecular weight is 338 g/mol. The molecule has 0 radical (unpaired) electrons. The third kappa shape index (κ3) is 3.21. The summed E-state index contributed by atoms with van der Waals surface area (Å²) in [5.41, 5.74) is 0.493. The van der Waals surface area contributed by atoms with E-state index in [0.717, 1.165) is 0 Å². The molecule has 3 rings (SSSR count). The minimum atomic E-state index is -0.405. The van der Waals surface area contributed by atoms with Gasteiger partial charge in [-0.25, -0.2) is 9.67 Å². The topological polar surface area (TPSA) is 86.1 Å². The minimum Gasteiger partial charge on any atom is -0.481 e. The van der Waals surface area contributed by atoms with Crippen LogP contribution in [0.3, 0.4) is 0 Å². The first kappa shape index (κ1) is 16.6. The smallest absolute Gasteiger partial charge is 0.276 e. The number of benzene rings is 1. The molecule has 0 spiro atoms. The van der Waals surface area contributed by atoms with Gasteiger partial charge in [-0.05, 0) is 26.0 Å². The molecule has 1 amide bonds. The summed E-state index contributed by atoms with van der Waals surface area (Å²) in [5, 5.41) is 8.01. The van der Waals surface area contributed by atoms with Gasteiger partial charge in [0, 0.05) is 11.5 Å². The van der Waals surface area contributed by atoms with Gasteiger partial charge in [0.05, 0.1) is 30.4 Å². The van der Waals surface area contributed by atoms with Crippen LogP contribution in [0, 0.1) is 0 Å². The maximum Gasteiger partial charge on any atom is 0.276 e. The van der Waals surface area contributed by atoms with Crippen molar-refractivity contribution >= 4 is 22.4 Å². The first-order chi connectivity index (χ1) is 12.0. The van der Waals surface area contributed by atoms with Crippen LogP contribution in [0.2, 0.25) is 0 Å². The van der Waals surface area contributed by atoms with Crippen LogP contribution in [0.5, 0.6) is 5.88 Å². The summed E-state index contributed by atoms with van der Waals surface area (Å²) in [7, 11) is 1.52. The molecular weight excluding hydrogens is 320 g/mol. The van der Waals surface area contributed by atoms with Gasteiger partial charge < -0.3 is 10.1 Å². The van der Waals surface area contributed by atoms with Crippen molar-refractivity contribution in [3.05, 3.63) is 58.6 Å². The van der Waals surface area contributed by atoms with E-state index in [1.165, 1.54) is 18.0 Å². The Balaban J connectivity index is 2.05. The standard InChI is InChI=1S/C18H18N4O3/c1-11(2)22-18(24)14-7-5-4-6-13(14)16(21-22)17(23)20-12-8-9-15(25-3)19-10-12/h4-11H,1-3H3,(H,20,23). The summed E-state index contributed by atoms with van der Waals surface area (Å²) < 4.78 is 6.32. The van der Waals surface area contributed by atoms with Crippen LogP contribution in [0.1, 0.15) is 30.4 Å². The molecule has 0 aliphatic heterocycles. The number of nitrogens with zero attached hydrogens (tertiary/aromatic N) is 3. The van der Waals surface area contributed by atoms with E-state index in [9.17, 15) is 9.59 Å². The Hall–Kier alpha value is -3.22. The zero-order chi connectivity index (χ0) is 18.0. The van der Waals surface area contributed by atoms with Crippen LogP contribution in [0.4, 0.5) is 5.69 Å². The molecule has 0 saturated heterocycles. The van der Waals surface area contributed by atoms with Crippen molar-refractivity contribution in [2.45, 2.75) is 19.9 Å². The monoisotopic (exact) mass is 338 g/mol. The third-order valence-corrected chi connectivity index (χ3v) is 3.74. The highest BCUT2D eigenvalue weighted by Crippen LogP contribution is 2.17. The number of pyridine rings is 1. The molecule has 7 nitrogen and oxygen atoms in total. The van der Waals surface area contributed by atoms with Gasteiger partial charge in [0.2, 0.25) is 5.88 Å². The van der Waals surface area contributed by atoms with E-state index in [1.54, 1.807) is 36.4 Å². The number of nitrogens with one attached hydrogen (secondary N) is 1. The number of amides is 1. The van der Waals surface area contributed by atoms with Crippen LogP contribution >= 0.6 is 0 Å². The SMILES string of the molecule is COc1ccc(NC(=O)c2nn(C(C)C)c(=O)c3ccccc23)cn1. The van der Waals surface area contributed by atoms with E-state index in [4.69, 9.17) is 4.74 Å². The zero-order valence-electron chi connectivity index (χ0n) is 14.2. The molecule has 25 heavy (non-hydrogen) atoms. The molecule has 128 valence electrons. The van der Waals surface area contributed by atoms with Crippen LogP contribution in [-0.4, -0.2) is 27.8 Å². The lowest BCUT2D eigenvalue weighted by Gasteiger charge is -2.13. The average Bonchev–Trinajstić information content (AvgIpc) is 2.62. The highest BCUT2D eigenvalue weighted by atomic mass is 16.5. The summed E-state index contributed by atoms with van der Waals surface area (Å²) in [4.78, 5) is 29.3. The lowest BCUT2D eigenvalue weighted by atomic mass is 10.1. The second-order valence-corrected chi connectivity index (χ2v) is 5.78. The molecule has 1 aromatic carbocycles. The second kappa shape index (κ2) is 6.72. The van der Waals surface area contributed by atoms with Crippen molar-refractivity contribution in [1.29, 1.82) is 0 Å². The van der Waals surface area contributed by atoms with Crippen molar-refractivity contribution in [1.82, 2.24) is 14.8 Å². The Morgan fingerprint density at radius 2 is 1.88 bits per heavy atom. The van der Waals surface area contributed by atoms with Gasteiger partial charge in [-0.15, -0.1) is 0 Å².